The minimum absolute atomic E-state index is 0.0368. The normalized spacial score (nSPS) is 15.4. The van der Waals surface area contributed by atoms with Crippen LogP contribution in [0.25, 0.3) is 0 Å². The second kappa shape index (κ2) is 29.9. The quantitative estimate of drug-likeness (QED) is 0.0535. The summed E-state index contributed by atoms with van der Waals surface area (Å²) >= 11 is 0. The average Bonchev–Trinajstić information content (AvgIpc) is 3.44. The molecule has 2 heterocycles. The van der Waals surface area contributed by atoms with Gasteiger partial charge in [-0.3, -0.25) is 34.2 Å². The van der Waals surface area contributed by atoms with Gasteiger partial charge in [-0.1, -0.05) is 103 Å². The van der Waals surface area contributed by atoms with E-state index in [1.54, 1.807) is 12.1 Å². The molecule has 56 heavy (non-hydrogen) atoms. The largest absolute Gasteiger partial charge is 0.379 e. The highest BCUT2D eigenvalue weighted by Gasteiger charge is 2.45. The van der Waals surface area contributed by atoms with E-state index in [2.05, 4.69) is 17.6 Å². The van der Waals surface area contributed by atoms with Crippen LogP contribution in [0.1, 0.15) is 156 Å². The molecule has 2 aliphatic heterocycles. The van der Waals surface area contributed by atoms with Crippen LogP contribution < -0.4 is 10.6 Å². The molecule has 13 heteroatoms. The molecule has 1 saturated heterocycles. The number of anilines is 1. The van der Waals surface area contributed by atoms with E-state index in [-0.39, 0.29) is 42.0 Å². The van der Waals surface area contributed by atoms with Crippen molar-refractivity contribution in [3.63, 3.8) is 0 Å². The lowest BCUT2D eigenvalue weighted by atomic mass is 10.0. The van der Waals surface area contributed by atoms with Crippen LogP contribution in [0.2, 0.25) is 0 Å². The summed E-state index contributed by atoms with van der Waals surface area (Å²) in [6.45, 7) is 7.83. The molecule has 1 aromatic rings. The molecule has 1 aromatic carbocycles. The standard InChI is InChI=1S/C43H69N3O10/c1-2-3-4-5-6-7-8-9-10-11-12-13-14-17-25-52-27-29-54-31-33-56-34-32-55-30-28-53-26-18-15-16-22-38(47)44-36-21-19-20-35-40(36)43(51)46(42(35)50)37-23-24-39(48)45-41(37)49/h19-21,37H,2-18,22-34H2,1H3,(H,44,47)(H,45,48,49). The predicted octanol–water partition coefficient (Wildman–Crippen LogP) is 7.15. The van der Waals surface area contributed by atoms with Gasteiger partial charge in [-0.2, -0.15) is 0 Å². The number of ether oxygens (including phenoxy) is 5. The van der Waals surface area contributed by atoms with Crippen molar-refractivity contribution in [2.45, 2.75) is 141 Å². The van der Waals surface area contributed by atoms with Gasteiger partial charge in [0, 0.05) is 26.1 Å². The van der Waals surface area contributed by atoms with E-state index >= 15 is 0 Å². The van der Waals surface area contributed by atoms with Gasteiger partial charge in [0.2, 0.25) is 17.7 Å². The molecule has 13 nitrogen and oxygen atoms in total. The Labute approximate surface area is 334 Å². The Hall–Kier alpha value is -3.23. The number of hydrogen-bond acceptors (Lipinski definition) is 10. The monoisotopic (exact) mass is 787 g/mol. The lowest BCUT2D eigenvalue weighted by molar-refractivity contribution is -0.136. The smallest absolute Gasteiger partial charge is 0.264 e. The first-order valence-electron chi connectivity index (χ1n) is 21.5. The molecule has 0 spiro atoms. The molecule has 0 saturated carbocycles. The number of benzene rings is 1. The van der Waals surface area contributed by atoms with E-state index < -0.39 is 29.7 Å². The minimum atomic E-state index is -1.06. The predicted molar refractivity (Wildman–Crippen MR) is 215 cm³/mol. The molecule has 2 aliphatic rings. The zero-order valence-corrected chi connectivity index (χ0v) is 34.1. The van der Waals surface area contributed by atoms with Crippen molar-refractivity contribution < 1.29 is 47.7 Å². The number of carbonyl (C=O) groups excluding carboxylic acids is 5. The van der Waals surface area contributed by atoms with Gasteiger partial charge in [0.1, 0.15) is 6.04 Å². The lowest BCUT2D eigenvalue weighted by Crippen LogP contribution is -2.54. The second-order valence-corrected chi connectivity index (χ2v) is 14.7. The fraction of sp³-hybridized carbons (Fsp3) is 0.744. The van der Waals surface area contributed by atoms with Crippen molar-refractivity contribution in [1.82, 2.24) is 10.2 Å². The maximum Gasteiger partial charge on any atom is 0.264 e. The van der Waals surface area contributed by atoms with Crippen LogP contribution in [0, 0.1) is 0 Å². The number of nitrogens with one attached hydrogen (secondary N) is 2. The van der Waals surface area contributed by atoms with E-state index in [0.29, 0.717) is 65.9 Å². The molecule has 0 bridgehead atoms. The summed E-state index contributed by atoms with van der Waals surface area (Å²) in [5.74, 6) is -2.66. The van der Waals surface area contributed by atoms with Gasteiger partial charge in [0.25, 0.3) is 11.8 Å². The third-order valence-corrected chi connectivity index (χ3v) is 10.1. The Kier molecular flexibility index (Phi) is 25.2. The molecule has 1 unspecified atom stereocenters. The first kappa shape index (κ1) is 47.1. The lowest BCUT2D eigenvalue weighted by Gasteiger charge is -2.27. The third kappa shape index (κ3) is 18.8. The topological polar surface area (TPSA) is 159 Å². The summed E-state index contributed by atoms with van der Waals surface area (Å²) in [6, 6.07) is 3.57. The van der Waals surface area contributed by atoms with Crippen molar-refractivity contribution in [3.8, 4) is 0 Å². The Morgan fingerprint density at radius 3 is 1.59 bits per heavy atom. The molecule has 1 atom stereocenters. The molecule has 3 rings (SSSR count). The summed E-state index contributed by atoms with van der Waals surface area (Å²) in [5, 5.41) is 4.92. The van der Waals surface area contributed by atoms with Crippen molar-refractivity contribution >= 4 is 35.2 Å². The Morgan fingerprint density at radius 2 is 1.09 bits per heavy atom. The zero-order chi connectivity index (χ0) is 40.1. The summed E-state index contributed by atoms with van der Waals surface area (Å²) < 4.78 is 28.0. The van der Waals surface area contributed by atoms with Gasteiger partial charge < -0.3 is 29.0 Å². The van der Waals surface area contributed by atoms with E-state index in [9.17, 15) is 24.0 Å². The highest BCUT2D eigenvalue weighted by atomic mass is 16.6. The Balaban J connectivity index is 1.03. The number of amides is 5. The highest BCUT2D eigenvalue weighted by molar-refractivity contribution is 6.26. The Morgan fingerprint density at radius 1 is 0.625 bits per heavy atom. The van der Waals surface area contributed by atoms with E-state index in [1.165, 1.54) is 89.5 Å². The van der Waals surface area contributed by atoms with Gasteiger partial charge in [0.05, 0.1) is 69.7 Å². The highest BCUT2D eigenvalue weighted by Crippen LogP contribution is 2.32. The number of carbonyl (C=O) groups is 5. The van der Waals surface area contributed by atoms with Gasteiger partial charge >= 0.3 is 0 Å². The number of nitrogens with zero attached hydrogens (tertiary/aromatic N) is 1. The van der Waals surface area contributed by atoms with E-state index in [0.717, 1.165) is 30.8 Å². The summed E-state index contributed by atoms with van der Waals surface area (Å²) in [5.41, 5.74) is 0.417. The molecular formula is C43H69N3O10. The number of hydrogen-bond donors (Lipinski definition) is 2. The summed E-state index contributed by atoms with van der Waals surface area (Å²) in [7, 11) is 0. The van der Waals surface area contributed by atoms with Crippen LogP contribution in [-0.2, 0) is 38.1 Å². The minimum Gasteiger partial charge on any atom is -0.379 e. The maximum atomic E-state index is 13.2. The molecule has 2 N–H and O–H groups in total. The fourth-order valence-electron chi connectivity index (χ4n) is 6.88. The molecule has 0 radical (unpaired) electrons. The molecule has 0 aliphatic carbocycles. The van der Waals surface area contributed by atoms with Crippen molar-refractivity contribution in [3.05, 3.63) is 29.3 Å². The van der Waals surface area contributed by atoms with Crippen molar-refractivity contribution in [2.75, 3.05) is 71.4 Å². The number of rotatable bonds is 35. The number of unbranched alkanes of at least 4 members (excludes halogenated alkanes) is 15. The first-order valence-corrected chi connectivity index (χ1v) is 21.5. The van der Waals surface area contributed by atoms with Crippen LogP contribution in [-0.4, -0.2) is 107 Å². The summed E-state index contributed by atoms with van der Waals surface area (Å²) in [4.78, 5) is 63.6. The van der Waals surface area contributed by atoms with Crippen LogP contribution in [0.5, 0.6) is 0 Å². The van der Waals surface area contributed by atoms with E-state index in [1.807, 2.05) is 0 Å². The van der Waals surface area contributed by atoms with Crippen molar-refractivity contribution in [2.24, 2.45) is 0 Å². The maximum absolute atomic E-state index is 13.2. The molecule has 5 amide bonds. The summed E-state index contributed by atoms with van der Waals surface area (Å²) in [6.07, 6.45) is 21.6. The molecule has 316 valence electrons. The van der Waals surface area contributed by atoms with Crippen molar-refractivity contribution in [1.29, 1.82) is 0 Å². The Bertz CT molecular complexity index is 1310. The fourth-order valence-corrected chi connectivity index (χ4v) is 6.88. The van der Waals surface area contributed by atoms with Gasteiger partial charge in [-0.15, -0.1) is 0 Å². The van der Waals surface area contributed by atoms with Crippen LogP contribution in [0.3, 0.4) is 0 Å². The second-order valence-electron chi connectivity index (χ2n) is 14.7. The number of piperidine rings is 1. The third-order valence-electron chi connectivity index (χ3n) is 10.1. The first-order chi connectivity index (χ1) is 27.4. The number of fused-ring (bicyclic) bond motifs is 1. The molecule has 0 aromatic heterocycles. The SMILES string of the molecule is CCCCCCCCCCCCCCCCOCCOCCOCCOCCOCCCCCC(=O)Nc1cccc2c1C(=O)N(C1CCC(=O)NC1=O)C2=O. The van der Waals surface area contributed by atoms with Gasteiger partial charge in [-0.05, 0) is 37.8 Å². The van der Waals surface area contributed by atoms with Crippen LogP contribution in [0.15, 0.2) is 18.2 Å². The van der Waals surface area contributed by atoms with E-state index in [4.69, 9.17) is 23.7 Å². The van der Waals surface area contributed by atoms with Crippen LogP contribution >= 0.6 is 0 Å². The molecule has 1 fully saturated rings. The zero-order valence-electron chi connectivity index (χ0n) is 34.1. The van der Waals surface area contributed by atoms with Gasteiger partial charge in [-0.25, -0.2) is 0 Å². The average molecular weight is 788 g/mol. The number of imide groups is 2. The van der Waals surface area contributed by atoms with Crippen LogP contribution in [0.4, 0.5) is 5.69 Å². The van der Waals surface area contributed by atoms with Gasteiger partial charge in [0.15, 0.2) is 0 Å². The molecular weight excluding hydrogens is 718 g/mol.